The van der Waals surface area contributed by atoms with Crippen LogP contribution >= 0.6 is 0 Å². The highest BCUT2D eigenvalue weighted by Gasteiger charge is 2.30. The smallest absolute Gasteiger partial charge is 0.321 e. The summed E-state index contributed by atoms with van der Waals surface area (Å²) in [6.45, 7) is 3.54. The van der Waals surface area contributed by atoms with E-state index >= 15 is 0 Å². The van der Waals surface area contributed by atoms with Gasteiger partial charge in [0, 0.05) is 34.9 Å². The fourth-order valence-corrected chi connectivity index (χ4v) is 3.33. The first kappa shape index (κ1) is 23.3. The predicted molar refractivity (Wildman–Crippen MR) is 116 cm³/mol. The Kier molecular flexibility index (Phi) is 6.35. The number of nitrogens with zero attached hydrogens (tertiary/aromatic N) is 3. The molecule has 1 heterocycles. The molecule has 168 valence electrons. The van der Waals surface area contributed by atoms with Crippen LogP contribution < -0.4 is 5.32 Å². The second kappa shape index (κ2) is 9.00. The molecule has 1 aromatic heterocycles. The molecule has 0 aliphatic carbocycles. The number of hydrogen-bond acceptors (Lipinski definition) is 4. The minimum absolute atomic E-state index is 0.0561. The third kappa shape index (κ3) is 5.10. The molecule has 0 fully saturated rings. The summed E-state index contributed by atoms with van der Waals surface area (Å²) in [5.74, 6) is -0.850. The lowest BCUT2D eigenvalue weighted by Crippen LogP contribution is -2.14. The van der Waals surface area contributed by atoms with Gasteiger partial charge in [-0.25, -0.2) is 0 Å². The first-order chi connectivity index (χ1) is 15.5. The van der Waals surface area contributed by atoms with E-state index < -0.39 is 22.6 Å². The number of halogens is 3. The lowest BCUT2D eigenvalue weighted by Gasteiger charge is -2.10. The quantitative estimate of drug-likeness (QED) is 0.236. The van der Waals surface area contributed by atoms with Crippen LogP contribution in [-0.4, -0.2) is 15.4 Å². The molecule has 33 heavy (non-hydrogen) atoms. The maximum absolute atomic E-state index is 12.9. The van der Waals surface area contributed by atoms with Gasteiger partial charge < -0.3 is 9.88 Å². The summed E-state index contributed by atoms with van der Waals surface area (Å²) in [7, 11) is 0. The fraction of sp³-hybridized carbons (Fsp3) is 0.130. The number of nitriles is 1. The van der Waals surface area contributed by atoms with Crippen LogP contribution in [0.5, 0.6) is 0 Å². The van der Waals surface area contributed by atoms with E-state index in [1.165, 1.54) is 24.3 Å². The summed E-state index contributed by atoms with van der Waals surface area (Å²) in [6, 6.07) is 13.5. The van der Waals surface area contributed by atoms with Crippen molar-refractivity contribution in [3.05, 3.63) is 92.8 Å². The van der Waals surface area contributed by atoms with Crippen molar-refractivity contribution in [3.63, 3.8) is 0 Å². The number of carbonyl (C=O) groups is 1. The zero-order chi connectivity index (χ0) is 24.3. The maximum Gasteiger partial charge on any atom is 0.416 e. The molecule has 2 aromatic carbocycles. The molecular weight excluding hydrogens is 437 g/mol. The average Bonchev–Trinajstić information content (AvgIpc) is 3.04. The molecule has 0 saturated heterocycles. The number of rotatable bonds is 5. The van der Waals surface area contributed by atoms with Crippen LogP contribution in [0.1, 0.15) is 22.5 Å². The second-order valence-corrected chi connectivity index (χ2v) is 7.14. The molecule has 1 amide bonds. The summed E-state index contributed by atoms with van der Waals surface area (Å²) in [5, 5.41) is 22.6. The van der Waals surface area contributed by atoms with Crippen molar-refractivity contribution in [3.8, 4) is 11.8 Å². The molecule has 0 aliphatic rings. The number of carbonyl (C=O) groups excluding carboxylic acids is 1. The minimum atomic E-state index is -4.57. The van der Waals surface area contributed by atoms with Gasteiger partial charge in [0.15, 0.2) is 0 Å². The molecule has 0 saturated carbocycles. The lowest BCUT2D eigenvalue weighted by molar-refractivity contribution is -0.384. The van der Waals surface area contributed by atoms with Gasteiger partial charge in [0.05, 0.1) is 10.5 Å². The molecule has 0 atom stereocenters. The van der Waals surface area contributed by atoms with Crippen LogP contribution in [0.2, 0.25) is 0 Å². The highest BCUT2D eigenvalue weighted by atomic mass is 19.4. The van der Waals surface area contributed by atoms with Crippen LogP contribution in [-0.2, 0) is 11.0 Å². The zero-order valence-corrected chi connectivity index (χ0v) is 17.5. The Balaban J connectivity index is 1.90. The van der Waals surface area contributed by atoms with Gasteiger partial charge in [0.1, 0.15) is 11.6 Å². The Labute approximate surface area is 186 Å². The van der Waals surface area contributed by atoms with Gasteiger partial charge in [0.2, 0.25) is 0 Å². The minimum Gasteiger partial charge on any atom is -0.321 e. The number of alkyl halides is 3. The van der Waals surface area contributed by atoms with Gasteiger partial charge in [-0.15, -0.1) is 0 Å². The number of nitro benzene ring substituents is 1. The predicted octanol–water partition coefficient (Wildman–Crippen LogP) is 5.57. The molecule has 0 aliphatic heterocycles. The second-order valence-electron chi connectivity index (χ2n) is 7.14. The number of hydrogen-bond donors (Lipinski definition) is 1. The standard InChI is InChI=1S/C23H17F3N4O3/c1-14-10-16(15(2)29(14)20-6-8-21(9-7-20)30(32)33)11-17(13-27)22(31)28-19-5-3-4-18(12-19)23(24,25)26/h3-12H,1-2H3,(H,28,31)/b17-11+. The normalized spacial score (nSPS) is 11.7. The van der Waals surface area contributed by atoms with Crippen molar-refractivity contribution < 1.29 is 22.9 Å². The van der Waals surface area contributed by atoms with E-state index in [1.807, 2.05) is 0 Å². The summed E-state index contributed by atoms with van der Waals surface area (Å²) >= 11 is 0. The molecule has 3 aromatic rings. The SMILES string of the molecule is Cc1cc(/C=C(\C#N)C(=O)Nc2cccc(C(F)(F)F)c2)c(C)n1-c1ccc([N+](=O)[O-])cc1. The van der Waals surface area contributed by atoms with Crippen molar-refractivity contribution in [1.82, 2.24) is 4.57 Å². The van der Waals surface area contributed by atoms with E-state index in [1.54, 1.807) is 42.7 Å². The Bertz CT molecular complexity index is 1300. The average molecular weight is 454 g/mol. The van der Waals surface area contributed by atoms with Gasteiger partial charge in [-0.05, 0) is 61.9 Å². The van der Waals surface area contributed by atoms with Crippen LogP contribution in [0.4, 0.5) is 24.5 Å². The third-order valence-electron chi connectivity index (χ3n) is 4.90. The van der Waals surface area contributed by atoms with Crippen LogP contribution in [0.15, 0.2) is 60.2 Å². The monoisotopic (exact) mass is 454 g/mol. The van der Waals surface area contributed by atoms with E-state index in [2.05, 4.69) is 5.32 Å². The number of aryl methyl sites for hydroxylation is 1. The molecule has 0 spiro atoms. The molecule has 3 rings (SSSR count). The van der Waals surface area contributed by atoms with E-state index in [4.69, 9.17) is 0 Å². The van der Waals surface area contributed by atoms with E-state index in [0.717, 1.165) is 23.9 Å². The van der Waals surface area contributed by atoms with E-state index in [0.29, 0.717) is 16.9 Å². The van der Waals surface area contributed by atoms with Crippen LogP contribution in [0.25, 0.3) is 11.8 Å². The summed E-state index contributed by atoms with van der Waals surface area (Å²) in [6.07, 6.45) is -3.22. The molecular formula is C23H17F3N4O3. The van der Waals surface area contributed by atoms with Crippen molar-refractivity contribution in [2.45, 2.75) is 20.0 Å². The van der Waals surface area contributed by atoms with Crippen molar-refractivity contribution in [2.75, 3.05) is 5.32 Å². The molecule has 0 radical (unpaired) electrons. The number of benzene rings is 2. The van der Waals surface area contributed by atoms with Crippen LogP contribution in [0.3, 0.4) is 0 Å². The van der Waals surface area contributed by atoms with Gasteiger partial charge >= 0.3 is 6.18 Å². The summed E-state index contributed by atoms with van der Waals surface area (Å²) in [5.41, 5.74) is 1.26. The Morgan fingerprint density at radius 1 is 1.15 bits per heavy atom. The molecule has 10 heteroatoms. The lowest BCUT2D eigenvalue weighted by atomic mass is 10.1. The highest BCUT2D eigenvalue weighted by Crippen LogP contribution is 2.31. The summed E-state index contributed by atoms with van der Waals surface area (Å²) in [4.78, 5) is 22.9. The van der Waals surface area contributed by atoms with E-state index in [9.17, 15) is 33.3 Å². The Morgan fingerprint density at radius 2 is 1.82 bits per heavy atom. The number of anilines is 1. The molecule has 0 unspecified atom stereocenters. The van der Waals surface area contributed by atoms with Gasteiger partial charge in [-0.3, -0.25) is 14.9 Å². The van der Waals surface area contributed by atoms with Crippen molar-refractivity contribution >= 4 is 23.4 Å². The Morgan fingerprint density at radius 3 is 2.39 bits per heavy atom. The first-order valence-electron chi connectivity index (χ1n) is 9.55. The molecule has 7 nitrogen and oxygen atoms in total. The number of non-ortho nitro benzene ring substituents is 1. The topological polar surface area (TPSA) is 101 Å². The highest BCUT2D eigenvalue weighted by molar-refractivity contribution is 6.09. The molecule has 0 bridgehead atoms. The third-order valence-corrected chi connectivity index (χ3v) is 4.90. The van der Waals surface area contributed by atoms with Gasteiger partial charge in [-0.2, -0.15) is 18.4 Å². The zero-order valence-electron chi connectivity index (χ0n) is 17.5. The first-order valence-corrected chi connectivity index (χ1v) is 9.55. The van der Waals surface area contributed by atoms with Gasteiger partial charge in [0.25, 0.3) is 11.6 Å². The van der Waals surface area contributed by atoms with Crippen LogP contribution in [0, 0.1) is 35.3 Å². The largest absolute Gasteiger partial charge is 0.416 e. The number of aromatic nitrogens is 1. The number of amides is 1. The van der Waals surface area contributed by atoms with Crippen molar-refractivity contribution in [2.24, 2.45) is 0 Å². The van der Waals surface area contributed by atoms with Gasteiger partial charge in [-0.1, -0.05) is 6.07 Å². The summed E-state index contributed by atoms with van der Waals surface area (Å²) < 4.78 is 40.5. The Hall–Kier alpha value is -4.39. The number of nitro groups is 1. The molecule has 1 N–H and O–H groups in total. The number of nitrogens with one attached hydrogen (secondary N) is 1. The van der Waals surface area contributed by atoms with E-state index in [-0.39, 0.29) is 16.9 Å². The fourth-order valence-electron chi connectivity index (χ4n) is 3.33. The van der Waals surface area contributed by atoms with Crippen molar-refractivity contribution in [1.29, 1.82) is 5.26 Å². The maximum atomic E-state index is 12.9.